The Balaban J connectivity index is 2.03. The van der Waals surface area contributed by atoms with Crippen molar-refractivity contribution in [3.8, 4) is 0 Å². The highest BCUT2D eigenvalue weighted by molar-refractivity contribution is 5.82. The van der Waals surface area contributed by atoms with Crippen molar-refractivity contribution in [3.63, 3.8) is 0 Å². The fourth-order valence-corrected chi connectivity index (χ4v) is 1.81. The molecule has 0 bridgehead atoms. The van der Waals surface area contributed by atoms with Gasteiger partial charge in [-0.25, -0.2) is 0 Å². The number of hydrogen-bond acceptors (Lipinski definition) is 3. The number of carbonyl (C=O) groups is 1. The first-order valence-electron chi connectivity index (χ1n) is 5.21. The van der Waals surface area contributed by atoms with Gasteiger partial charge in [0.15, 0.2) is 0 Å². The van der Waals surface area contributed by atoms with E-state index < -0.39 is 0 Å². The first-order valence-corrected chi connectivity index (χ1v) is 5.21. The molecular weight excluding hydrogens is 190 g/mol. The Labute approximate surface area is 89.1 Å². The third kappa shape index (κ3) is 2.33. The van der Waals surface area contributed by atoms with E-state index in [-0.39, 0.29) is 11.9 Å². The minimum atomic E-state index is -0.317. The molecule has 1 aliphatic rings. The molecule has 2 rings (SSSR count). The molecule has 2 heterocycles. The van der Waals surface area contributed by atoms with Crippen molar-refractivity contribution in [3.05, 3.63) is 30.1 Å². The average molecular weight is 205 g/mol. The molecule has 0 aromatic carbocycles. The molecule has 1 aromatic rings. The van der Waals surface area contributed by atoms with E-state index in [0.717, 1.165) is 25.1 Å². The van der Waals surface area contributed by atoms with Crippen LogP contribution in [-0.2, 0) is 11.3 Å². The first kappa shape index (κ1) is 10.1. The fraction of sp³-hybridized carbons (Fsp3) is 0.455. The molecule has 1 amide bonds. The second kappa shape index (κ2) is 4.40. The predicted octanol–water partition coefficient (Wildman–Crippen LogP) is 0.531. The zero-order chi connectivity index (χ0) is 10.7. The van der Waals surface area contributed by atoms with Gasteiger partial charge in [-0.05, 0) is 25.0 Å². The smallest absolute Gasteiger partial charge is 0.239 e. The summed E-state index contributed by atoms with van der Waals surface area (Å²) in [6.45, 7) is 1.37. The minimum absolute atomic E-state index is 0.0481. The summed E-state index contributed by atoms with van der Waals surface area (Å²) in [5, 5.41) is 0. The number of nitrogens with two attached hydrogens (primary N) is 1. The van der Waals surface area contributed by atoms with Crippen LogP contribution in [0.15, 0.2) is 24.4 Å². The zero-order valence-corrected chi connectivity index (χ0v) is 8.60. The van der Waals surface area contributed by atoms with Gasteiger partial charge in [0.2, 0.25) is 5.91 Å². The third-order valence-corrected chi connectivity index (χ3v) is 2.65. The summed E-state index contributed by atoms with van der Waals surface area (Å²) in [4.78, 5) is 17.7. The molecule has 0 saturated carbocycles. The molecule has 15 heavy (non-hydrogen) atoms. The lowest BCUT2D eigenvalue weighted by atomic mass is 10.1. The molecule has 1 unspecified atom stereocenters. The molecule has 2 N–H and O–H groups in total. The topological polar surface area (TPSA) is 59.2 Å². The van der Waals surface area contributed by atoms with Crippen LogP contribution >= 0.6 is 0 Å². The largest absolute Gasteiger partial charge is 0.335 e. The van der Waals surface area contributed by atoms with Crippen molar-refractivity contribution in [2.24, 2.45) is 5.73 Å². The zero-order valence-electron chi connectivity index (χ0n) is 8.60. The second-order valence-corrected chi connectivity index (χ2v) is 3.83. The van der Waals surface area contributed by atoms with E-state index >= 15 is 0 Å². The highest BCUT2D eigenvalue weighted by Gasteiger charge is 2.25. The normalized spacial score (nSPS) is 21.8. The van der Waals surface area contributed by atoms with Crippen molar-refractivity contribution in [2.75, 3.05) is 6.54 Å². The molecule has 1 aliphatic heterocycles. The van der Waals surface area contributed by atoms with Crippen LogP contribution in [0.1, 0.15) is 18.5 Å². The van der Waals surface area contributed by atoms with Gasteiger partial charge in [-0.1, -0.05) is 6.07 Å². The number of hydrogen-bond donors (Lipinski definition) is 1. The van der Waals surface area contributed by atoms with Crippen LogP contribution in [0.2, 0.25) is 0 Å². The van der Waals surface area contributed by atoms with Crippen molar-refractivity contribution < 1.29 is 4.79 Å². The van der Waals surface area contributed by atoms with Gasteiger partial charge in [0, 0.05) is 12.7 Å². The van der Waals surface area contributed by atoms with E-state index in [1.807, 2.05) is 18.2 Å². The van der Waals surface area contributed by atoms with Crippen LogP contribution in [0, 0.1) is 0 Å². The monoisotopic (exact) mass is 205 g/mol. The van der Waals surface area contributed by atoms with E-state index in [1.54, 1.807) is 11.1 Å². The van der Waals surface area contributed by atoms with E-state index in [1.165, 1.54) is 0 Å². The van der Waals surface area contributed by atoms with Gasteiger partial charge in [0.25, 0.3) is 0 Å². The Hall–Kier alpha value is -1.42. The number of pyridine rings is 1. The molecule has 0 radical (unpaired) electrons. The van der Waals surface area contributed by atoms with Crippen LogP contribution in [0.3, 0.4) is 0 Å². The molecule has 0 spiro atoms. The Morgan fingerprint density at radius 3 is 3.13 bits per heavy atom. The summed E-state index contributed by atoms with van der Waals surface area (Å²) in [6.07, 6.45) is 3.53. The predicted molar refractivity (Wildman–Crippen MR) is 56.9 cm³/mol. The van der Waals surface area contributed by atoms with Gasteiger partial charge in [0.05, 0.1) is 18.3 Å². The van der Waals surface area contributed by atoms with Crippen molar-refractivity contribution in [2.45, 2.75) is 25.4 Å². The van der Waals surface area contributed by atoms with Crippen LogP contribution < -0.4 is 5.73 Å². The Kier molecular flexibility index (Phi) is 2.97. The summed E-state index contributed by atoms with van der Waals surface area (Å²) >= 11 is 0. The summed E-state index contributed by atoms with van der Waals surface area (Å²) in [7, 11) is 0. The SMILES string of the molecule is NC1CCCN(Cc2ccccn2)C1=O. The maximum absolute atomic E-state index is 11.7. The molecule has 1 aromatic heterocycles. The maximum Gasteiger partial charge on any atom is 0.239 e. The van der Waals surface area contributed by atoms with Gasteiger partial charge in [0.1, 0.15) is 0 Å². The lowest BCUT2D eigenvalue weighted by Crippen LogP contribution is -2.47. The lowest BCUT2D eigenvalue weighted by Gasteiger charge is -2.30. The maximum atomic E-state index is 11.7. The summed E-state index contributed by atoms with van der Waals surface area (Å²) < 4.78 is 0. The highest BCUT2D eigenvalue weighted by Crippen LogP contribution is 2.12. The van der Waals surface area contributed by atoms with E-state index in [4.69, 9.17) is 5.73 Å². The van der Waals surface area contributed by atoms with Gasteiger partial charge >= 0.3 is 0 Å². The quantitative estimate of drug-likeness (QED) is 0.766. The van der Waals surface area contributed by atoms with Gasteiger partial charge in [-0.15, -0.1) is 0 Å². The number of aromatic nitrogens is 1. The van der Waals surface area contributed by atoms with Gasteiger partial charge in [-0.3, -0.25) is 9.78 Å². The van der Waals surface area contributed by atoms with E-state index in [2.05, 4.69) is 4.98 Å². The Bertz CT molecular complexity index is 339. The standard InChI is InChI=1S/C11H15N3O/c12-10-5-3-7-14(11(10)15)8-9-4-1-2-6-13-9/h1-2,4,6,10H,3,5,7-8,12H2. The number of amides is 1. The van der Waals surface area contributed by atoms with Crippen LogP contribution in [0.4, 0.5) is 0 Å². The number of rotatable bonds is 2. The molecule has 1 fully saturated rings. The van der Waals surface area contributed by atoms with Crippen molar-refractivity contribution >= 4 is 5.91 Å². The fourth-order valence-electron chi connectivity index (χ4n) is 1.81. The van der Waals surface area contributed by atoms with Gasteiger partial charge in [-0.2, -0.15) is 0 Å². The van der Waals surface area contributed by atoms with Crippen LogP contribution in [0.5, 0.6) is 0 Å². The second-order valence-electron chi connectivity index (χ2n) is 3.83. The summed E-state index contributed by atoms with van der Waals surface area (Å²) in [5.74, 6) is 0.0481. The molecular formula is C11H15N3O. The molecule has 4 nitrogen and oxygen atoms in total. The Morgan fingerprint density at radius 2 is 2.40 bits per heavy atom. The van der Waals surface area contributed by atoms with Crippen molar-refractivity contribution in [1.29, 1.82) is 0 Å². The number of piperidine rings is 1. The van der Waals surface area contributed by atoms with Crippen LogP contribution in [-0.4, -0.2) is 28.4 Å². The highest BCUT2D eigenvalue weighted by atomic mass is 16.2. The van der Waals surface area contributed by atoms with E-state index in [0.29, 0.717) is 6.54 Å². The van der Waals surface area contributed by atoms with Crippen molar-refractivity contribution in [1.82, 2.24) is 9.88 Å². The molecule has 1 saturated heterocycles. The Morgan fingerprint density at radius 1 is 1.53 bits per heavy atom. The van der Waals surface area contributed by atoms with Gasteiger partial charge < -0.3 is 10.6 Å². The average Bonchev–Trinajstić information content (AvgIpc) is 2.26. The summed E-state index contributed by atoms with van der Waals surface area (Å²) in [5.41, 5.74) is 6.63. The third-order valence-electron chi connectivity index (χ3n) is 2.65. The molecule has 80 valence electrons. The van der Waals surface area contributed by atoms with Crippen LogP contribution in [0.25, 0.3) is 0 Å². The molecule has 4 heteroatoms. The van der Waals surface area contributed by atoms with E-state index in [9.17, 15) is 4.79 Å². The first-order chi connectivity index (χ1) is 7.27. The number of nitrogens with zero attached hydrogens (tertiary/aromatic N) is 2. The molecule has 0 aliphatic carbocycles. The minimum Gasteiger partial charge on any atom is -0.335 e. The lowest BCUT2D eigenvalue weighted by molar-refractivity contribution is -0.135. The molecule has 1 atom stereocenters. The number of likely N-dealkylation sites (tertiary alicyclic amines) is 1. The number of carbonyl (C=O) groups excluding carboxylic acids is 1. The summed E-state index contributed by atoms with van der Waals surface area (Å²) in [6, 6.07) is 5.40.